The van der Waals surface area contributed by atoms with E-state index in [1.54, 1.807) is 12.1 Å². The first-order valence-electron chi connectivity index (χ1n) is 11.7. The quantitative estimate of drug-likeness (QED) is 0.504. The molecule has 0 radical (unpaired) electrons. The van der Waals surface area contributed by atoms with Crippen LogP contribution < -0.4 is 5.32 Å². The Balaban J connectivity index is 1.18. The summed E-state index contributed by atoms with van der Waals surface area (Å²) in [5.74, 6) is 1.61. The van der Waals surface area contributed by atoms with Crippen LogP contribution in [0.15, 0.2) is 76.0 Å². The molecule has 1 amide bonds. The van der Waals surface area contributed by atoms with Gasteiger partial charge in [-0.3, -0.25) is 9.00 Å². The zero-order chi connectivity index (χ0) is 23.0. The van der Waals surface area contributed by atoms with Gasteiger partial charge in [-0.1, -0.05) is 48.5 Å². The Hall–Kier alpha value is -2.70. The van der Waals surface area contributed by atoms with Crippen LogP contribution in [0.4, 0.5) is 0 Å². The molecule has 3 aromatic rings. The van der Waals surface area contributed by atoms with Gasteiger partial charge >= 0.3 is 0 Å². The maximum atomic E-state index is 12.6. The topological polar surface area (TPSA) is 62.6 Å². The van der Waals surface area contributed by atoms with Crippen molar-refractivity contribution in [3.8, 4) is 0 Å². The van der Waals surface area contributed by atoms with E-state index < -0.39 is 10.8 Å². The summed E-state index contributed by atoms with van der Waals surface area (Å²) in [4.78, 5) is 15.7. The highest BCUT2D eigenvalue weighted by molar-refractivity contribution is 7.84. The third-order valence-electron chi connectivity index (χ3n) is 6.29. The number of rotatable bonds is 9. The molecule has 0 bridgehead atoms. The van der Waals surface area contributed by atoms with Crippen molar-refractivity contribution in [3.63, 3.8) is 0 Å². The van der Waals surface area contributed by atoms with E-state index in [0.717, 1.165) is 42.4 Å². The predicted octanol–water partition coefficient (Wildman–Crippen LogP) is 4.58. The molecule has 1 atom stereocenters. The summed E-state index contributed by atoms with van der Waals surface area (Å²) < 4.78 is 18.3. The standard InChI is InChI=1S/C27H32N2O3S/c1-21-7-5-6-10-26(21)33(31)20-24-11-12-25(32-24)27(30)28-15-18-29-16-13-23(14-17-29)19-22-8-3-2-4-9-22/h2-12,23H,13-20H2,1H3,(H,28,30)/t33-/m1/s1. The Morgan fingerprint density at radius 3 is 2.52 bits per heavy atom. The first-order chi connectivity index (χ1) is 16.1. The molecule has 1 N–H and O–H groups in total. The molecule has 1 aliphatic heterocycles. The summed E-state index contributed by atoms with van der Waals surface area (Å²) in [5, 5.41) is 2.95. The first-order valence-corrected chi connectivity index (χ1v) is 13.0. The Kier molecular flexibility index (Phi) is 8.13. The number of nitrogens with one attached hydrogen (secondary N) is 1. The van der Waals surface area contributed by atoms with Crippen molar-refractivity contribution in [2.24, 2.45) is 5.92 Å². The van der Waals surface area contributed by atoms with Crippen molar-refractivity contribution in [1.29, 1.82) is 0 Å². The lowest BCUT2D eigenvalue weighted by atomic mass is 9.90. The molecule has 4 rings (SSSR count). The molecule has 5 nitrogen and oxygen atoms in total. The fourth-order valence-corrected chi connectivity index (χ4v) is 5.60. The molecule has 1 aliphatic rings. The second-order valence-electron chi connectivity index (χ2n) is 8.75. The molecule has 1 fully saturated rings. The molecule has 0 spiro atoms. The van der Waals surface area contributed by atoms with Crippen molar-refractivity contribution in [2.75, 3.05) is 26.2 Å². The van der Waals surface area contributed by atoms with E-state index in [0.29, 0.717) is 12.3 Å². The van der Waals surface area contributed by atoms with Gasteiger partial charge in [0, 0.05) is 18.0 Å². The number of nitrogens with zero attached hydrogens (tertiary/aromatic N) is 1. The van der Waals surface area contributed by atoms with Crippen molar-refractivity contribution < 1.29 is 13.4 Å². The lowest BCUT2D eigenvalue weighted by Crippen LogP contribution is -2.39. The van der Waals surface area contributed by atoms with Crippen LogP contribution in [-0.2, 0) is 23.0 Å². The Bertz CT molecular complexity index is 1070. The molecular formula is C27H32N2O3S. The second kappa shape index (κ2) is 11.4. The van der Waals surface area contributed by atoms with Gasteiger partial charge in [-0.15, -0.1) is 0 Å². The summed E-state index contributed by atoms with van der Waals surface area (Å²) in [6.45, 7) is 5.52. The largest absolute Gasteiger partial charge is 0.455 e. The number of carbonyl (C=O) groups is 1. The predicted molar refractivity (Wildman–Crippen MR) is 132 cm³/mol. The van der Waals surface area contributed by atoms with Gasteiger partial charge < -0.3 is 14.6 Å². The van der Waals surface area contributed by atoms with Gasteiger partial charge in [-0.2, -0.15) is 0 Å². The first kappa shape index (κ1) is 23.5. The molecule has 0 saturated carbocycles. The monoisotopic (exact) mass is 464 g/mol. The zero-order valence-corrected chi connectivity index (χ0v) is 20.0. The minimum Gasteiger partial charge on any atom is -0.455 e. The summed E-state index contributed by atoms with van der Waals surface area (Å²) in [6.07, 6.45) is 3.55. The fourth-order valence-electron chi connectivity index (χ4n) is 4.37. The lowest BCUT2D eigenvalue weighted by molar-refractivity contribution is 0.0915. The van der Waals surface area contributed by atoms with Crippen LogP contribution in [0.1, 0.15) is 40.3 Å². The normalized spacial score (nSPS) is 15.9. The van der Waals surface area contributed by atoms with Crippen LogP contribution in [0.2, 0.25) is 0 Å². The van der Waals surface area contributed by atoms with E-state index in [1.165, 1.54) is 18.4 Å². The highest BCUT2D eigenvalue weighted by Gasteiger charge is 2.20. The molecule has 1 saturated heterocycles. The van der Waals surface area contributed by atoms with Gasteiger partial charge in [0.05, 0.1) is 16.6 Å². The highest BCUT2D eigenvalue weighted by atomic mass is 32.2. The van der Waals surface area contributed by atoms with Crippen LogP contribution in [-0.4, -0.2) is 41.2 Å². The molecule has 2 heterocycles. The van der Waals surface area contributed by atoms with E-state index in [2.05, 4.69) is 40.5 Å². The van der Waals surface area contributed by atoms with E-state index in [-0.39, 0.29) is 17.4 Å². The maximum absolute atomic E-state index is 12.6. The van der Waals surface area contributed by atoms with Crippen LogP contribution >= 0.6 is 0 Å². The Morgan fingerprint density at radius 1 is 1.03 bits per heavy atom. The summed E-state index contributed by atoms with van der Waals surface area (Å²) in [6, 6.07) is 21.7. The summed E-state index contributed by atoms with van der Waals surface area (Å²) in [7, 11) is -1.20. The summed E-state index contributed by atoms with van der Waals surface area (Å²) in [5.41, 5.74) is 2.41. The third kappa shape index (κ3) is 6.65. The Labute approximate surface area is 198 Å². The summed E-state index contributed by atoms with van der Waals surface area (Å²) >= 11 is 0. The van der Waals surface area contributed by atoms with E-state index in [9.17, 15) is 9.00 Å². The molecule has 0 aliphatic carbocycles. The number of piperidine rings is 1. The number of likely N-dealkylation sites (tertiary alicyclic amines) is 1. The zero-order valence-electron chi connectivity index (χ0n) is 19.2. The van der Waals surface area contributed by atoms with Crippen molar-refractivity contribution in [2.45, 2.75) is 36.8 Å². The molecular weight excluding hydrogens is 432 g/mol. The SMILES string of the molecule is Cc1ccccc1[S@](=O)Cc1ccc(C(=O)NCCN2CCC(Cc3ccccc3)CC2)o1. The minimum absolute atomic E-state index is 0.220. The number of hydrogen-bond acceptors (Lipinski definition) is 4. The number of hydrogen-bond donors (Lipinski definition) is 1. The third-order valence-corrected chi connectivity index (χ3v) is 7.78. The van der Waals surface area contributed by atoms with Gasteiger partial charge in [0.2, 0.25) is 0 Å². The molecule has 0 unspecified atom stereocenters. The number of furan rings is 1. The van der Waals surface area contributed by atoms with Gasteiger partial charge in [0.15, 0.2) is 5.76 Å². The fraction of sp³-hybridized carbons (Fsp3) is 0.370. The van der Waals surface area contributed by atoms with Crippen LogP contribution in [0.25, 0.3) is 0 Å². The molecule has 2 aromatic carbocycles. The molecule has 174 valence electrons. The average molecular weight is 465 g/mol. The smallest absolute Gasteiger partial charge is 0.287 e. The Morgan fingerprint density at radius 2 is 1.76 bits per heavy atom. The number of aryl methyl sites for hydroxylation is 1. The van der Waals surface area contributed by atoms with E-state index >= 15 is 0 Å². The van der Waals surface area contributed by atoms with Crippen molar-refractivity contribution in [1.82, 2.24) is 10.2 Å². The van der Waals surface area contributed by atoms with Crippen LogP contribution in [0.3, 0.4) is 0 Å². The van der Waals surface area contributed by atoms with Crippen LogP contribution in [0.5, 0.6) is 0 Å². The number of benzene rings is 2. The molecule has 6 heteroatoms. The van der Waals surface area contributed by atoms with Gasteiger partial charge in [-0.05, 0) is 74.5 Å². The van der Waals surface area contributed by atoms with E-state index in [4.69, 9.17) is 4.42 Å². The van der Waals surface area contributed by atoms with Gasteiger partial charge in [0.25, 0.3) is 5.91 Å². The second-order valence-corrected chi connectivity index (χ2v) is 10.2. The minimum atomic E-state index is -1.20. The lowest BCUT2D eigenvalue weighted by Gasteiger charge is -2.32. The maximum Gasteiger partial charge on any atom is 0.287 e. The highest BCUT2D eigenvalue weighted by Crippen LogP contribution is 2.21. The van der Waals surface area contributed by atoms with Crippen molar-refractivity contribution >= 4 is 16.7 Å². The number of amides is 1. The van der Waals surface area contributed by atoms with E-state index in [1.807, 2.05) is 31.2 Å². The van der Waals surface area contributed by atoms with Crippen molar-refractivity contribution in [3.05, 3.63) is 89.4 Å². The van der Waals surface area contributed by atoms with Crippen LogP contribution in [0, 0.1) is 12.8 Å². The number of carbonyl (C=O) groups excluding carboxylic acids is 1. The van der Waals surface area contributed by atoms with Gasteiger partial charge in [0.1, 0.15) is 5.76 Å². The molecule has 1 aromatic heterocycles. The van der Waals surface area contributed by atoms with Gasteiger partial charge in [-0.25, -0.2) is 0 Å². The average Bonchev–Trinajstić information content (AvgIpc) is 3.30. The molecule has 33 heavy (non-hydrogen) atoms.